The Labute approximate surface area is 110 Å². The summed E-state index contributed by atoms with van der Waals surface area (Å²) < 4.78 is 11.3. The van der Waals surface area contributed by atoms with Crippen LogP contribution in [0.2, 0.25) is 5.02 Å². The second kappa shape index (κ2) is 4.96. The normalized spacial score (nSPS) is 23.5. The fourth-order valence-electron chi connectivity index (χ4n) is 2.04. The molecule has 2 heterocycles. The molecule has 0 radical (unpaired) electrons. The van der Waals surface area contributed by atoms with Crippen molar-refractivity contribution in [3.63, 3.8) is 0 Å². The molecule has 0 aromatic heterocycles. The number of fused-ring (bicyclic) bond motifs is 1. The molecule has 2 aliphatic heterocycles. The summed E-state index contributed by atoms with van der Waals surface area (Å²) in [5.41, 5.74) is 1.17. The van der Waals surface area contributed by atoms with Crippen LogP contribution in [0.4, 0.5) is 0 Å². The van der Waals surface area contributed by atoms with Crippen molar-refractivity contribution in [1.82, 2.24) is 5.32 Å². The molecule has 0 amide bonds. The standard InChI is InChI=1S/C12H14ClNO2S/c13-9-6-8(12-14-2-5-17-12)7-10-11(9)16-4-1-3-15-10/h6-7,12,14H,1-5H2. The smallest absolute Gasteiger partial charge is 0.179 e. The van der Waals surface area contributed by atoms with E-state index >= 15 is 0 Å². The van der Waals surface area contributed by atoms with Gasteiger partial charge in [0.2, 0.25) is 0 Å². The molecule has 0 spiro atoms. The highest BCUT2D eigenvalue weighted by Gasteiger charge is 2.22. The lowest BCUT2D eigenvalue weighted by Crippen LogP contribution is -2.12. The second-order valence-corrected chi connectivity index (χ2v) is 5.71. The molecule has 3 rings (SSSR count). The second-order valence-electron chi connectivity index (χ2n) is 4.09. The van der Waals surface area contributed by atoms with E-state index in [1.807, 2.05) is 23.9 Å². The summed E-state index contributed by atoms with van der Waals surface area (Å²) >= 11 is 8.15. The summed E-state index contributed by atoms with van der Waals surface area (Å²) in [4.78, 5) is 0. The van der Waals surface area contributed by atoms with Gasteiger partial charge in [-0.2, -0.15) is 0 Å². The first-order chi connectivity index (χ1) is 8.34. The largest absolute Gasteiger partial charge is 0.489 e. The minimum atomic E-state index is 0.324. The van der Waals surface area contributed by atoms with Gasteiger partial charge in [-0.3, -0.25) is 0 Å². The minimum absolute atomic E-state index is 0.324. The predicted molar refractivity (Wildman–Crippen MR) is 70.3 cm³/mol. The highest BCUT2D eigenvalue weighted by Crippen LogP contribution is 2.41. The van der Waals surface area contributed by atoms with Crippen LogP contribution in [0.3, 0.4) is 0 Å². The summed E-state index contributed by atoms with van der Waals surface area (Å²) in [6.45, 7) is 2.40. The molecule has 3 nitrogen and oxygen atoms in total. The van der Waals surface area contributed by atoms with Crippen LogP contribution in [0, 0.1) is 0 Å². The Kier molecular flexibility index (Phi) is 3.36. The van der Waals surface area contributed by atoms with Crippen LogP contribution >= 0.6 is 23.4 Å². The topological polar surface area (TPSA) is 30.5 Å². The Morgan fingerprint density at radius 3 is 3.00 bits per heavy atom. The lowest BCUT2D eigenvalue weighted by atomic mass is 10.2. The van der Waals surface area contributed by atoms with Crippen molar-refractivity contribution in [2.75, 3.05) is 25.5 Å². The van der Waals surface area contributed by atoms with Crippen LogP contribution < -0.4 is 14.8 Å². The number of hydrogen-bond donors (Lipinski definition) is 1. The average molecular weight is 272 g/mol. The van der Waals surface area contributed by atoms with Crippen molar-refractivity contribution in [2.45, 2.75) is 11.8 Å². The number of nitrogens with one attached hydrogen (secondary N) is 1. The zero-order chi connectivity index (χ0) is 11.7. The fraction of sp³-hybridized carbons (Fsp3) is 0.500. The quantitative estimate of drug-likeness (QED) is 0.851. The van der Waals surface area contributed by atoms with Crippen LogP contribution in [-0.4, -0.2) is 25.5 Å². The molecule has 0 bridgehead atoms. The van der Waals surface area contributed by atoms with Crippen molar-refractivity contribution in [2.24, 2.45) is 0 Å². The molecule has 0 aliphatic carbocycles. The van der Waals surface area contributed by atoms with Gasteiger partial charge in [0.1, 0.15) is 0 Å². The molecular formula is C12H14ClNO2S. The number of ether oxygens (including phenoxy) is 2. The van der Waals surface area contributed by atoms with E-state index in [0.29, 0.717) is 29.4 Å². The predicted octanol–water partition coefficient (Wildman–Crippen LogP) is 2.84. The van der Waals surface area contributed by atoms with Crippen molar-refractivity contribution in [3.8, 4) is 11.5 Å². The minimum Gasteiger partial charge on any atom is -0.489 e. The van der Waals surface area contributed by atoms with Gasteiger partial charge in [0, 0.05) is 18.7 Å². The highest BCUT2D eigenvalue weighted by molar-refractivity contribution is 7.99. The molecule has 5 heteroatoms. The molecule has 1 fully saturated rings. The monoisotopic (exact) mass is 271 g/mol. The Bertz CT molecular complexity index is 421. The fourth-order valence-corrected chi connectivity index (χ4v) is 3.35. The van der Waals surface area contributed by atoms with E-state index in [1.165, 1.54) is 5.56 Å². The van der Waals surface area contributed by atoms with Gasteiger partial charge in [0.15, 0.2) is 11.5 Å². The van der Waals surface area contributed by atoms with Crippen LogP contribution in [0.15, 0.2) is 12.1 Å². The Balaban J connectivity index is 1.96. The van der Waals surface area contributed by atoms with E-state index in [4.69, 9.17) is 21.1 Å². The molecule has 1 aromatic rings. The average Bonchev–Trinajstić information content (AvgIpc) is 2.75. The first-order valence-electron chi connectivity index (χ1n) is 5.78. The van der Waals surface area contributed by atoms with Gasteiger partial charge >= 0.3 is 0 Å². The molecule has 92 valence electrons. The third kappa shape index (κ3) is 2.34. The van der Waals surface area contributed by atoms with Gasteiger partial charge in [0.25, 0.3) is 0 Å². The SMILES string of the molecule is Clc1cc(C2NCCS2)cc2c1OCCCO2. The molecule has 17 heavy (non-hydrogen) atoms. The van der Waals surface area contributed by atoms with E-state index in [-0.39, 0.29) is 0 Å². The third-order valence-electron chi connectivity index (χ3n) is 2.84. The molecule has 0 saturated carbocycles. The molecular weight excluding hydrogens is 258 g/mol. The zero-order valence-electron chi connectivity index (χ0n) is 9.37. The van der Waals surface area contributed by atoms with Crippen LogP contribution in [-0.2, 0) is 0 Å². The van der Waals surface area contributed by atoms with Crippen LogP contribution in [0.25, 0.3) is 0 Å². The van der Waals surface area contributed by atoms with Crippen molar-refractivity contribution in [1.29, 1.82) is 0 Å². The maximum absolute atomic E-state index is 6.26. The number of rotatable bonds is 1. The zero-order valence-corrected chi connectivity index (χ0v) is 10.9. The summed E-state index contributed by atoms with van der Waals surface area (Å²) in [5, 5.41) is 4.40. The lowest BCUT2D eigenvalue weighted by Gasteiger charge is -2.15. The third-order valence-corrected chi connectivity index (χ3v) is 4.34. The highest BCUT2D eigenvalue weighted by atomic mass is 35.5. The van der Waals surface area contributed by atoms with Gasteiger partial charge in [-0.15, -0.1) is 11.8 Å². The van der Waals surface area contributed by atoms with Crippen LogP contribution in [0.5, 0.6) is 11.5 Å². The molecule has 1 N–H and O–H groups in total. The lowest BCUT2D eigenvalue weighted by molar-refractivity contribution is 0.297. The molecule has 1 aromatic carbocycles. The summed E-state index contributed by atoms with van der Waals surface area (Å²) in [6.07, 6.45) is 0.900. The Hall–Kier alpha value is -0.580. The van der Waals surface area contributed by atoms with Gasteiger partial charge in [-0.05, 0) is 17.7 Å². The summed E-state index contributed by atoms with van der Waals surface area (Å²) in [5.74, 6) is 2.60. The number of halogens is 1. The number of benzene rings is 1. The Morgan fingerprint density at radius 2 is 2.18 bits per heavy atom. The number of thioether (sulfide) groups is 1. The Morgan fingerprint density at radius 1 is 1.29 bits per heavy atom. The van der Waals surface area contributed by atoms with E-state index in [1.54, 1.807) is 0 Å². The van der Waals surface area contributed by atoms with E-state index < -0.39 is 0 Å². The molecule has 1 saturated heterocycles. The van der Waals surface area contributed by atoms with Crippen molar-refractivity contribution < 1.29 is 9.47 Å². The van der Waals surface area contributed by atoms with Crippen molar-refractivity contribution in [3.05, 3.63) is 22.7 Å². The molecule has 2 aliphatic rings. The molecule has 1 unspecified atom stereocenters. The molecule has 1 atom stereocenters. The number of hydrogen-bond acceptors (Lipinski definition) is 4. The first-order valence-corrected chi connectivity index (χ1v) is 7.21. The summed E-state index contributed by atoms with van der Waals surface area (Å²) in [7, 11) is 0. The van der Waals surface area contributed by atoms with Crippen molar-refractivity contribution >= 4 is 23.4 Å². The first kappa shape index (κ1) is 11.5. The van der Waals surface area contributed by atoms with E-state index in [0.717, 1.165) is 24.5 Å². The maximum atomic E-state index is 6.26. The van der Waals surface area contributed by atoms with Gasteiger partial charge < -0.3 is 14.8 Å². The van der Waals surface area contributed by atoms with Crippen LogP contribution in [0.1, 0.15) is 17.4 Å². The summed E-state index contributed by atoms with van der Waals surface area (Å²) in [6, 6.07) is 4.02. The van der Waals surface area contributed by atoms with E-state index in [9.17, 15) is 0 Å². The van der Waals surface area contributed by atoms with Gasteiger partial charge in [-0.1, -0.05) is 11.6 Å². The van der Waals surface area contributed by atoms with Gasteiger partial charge in [0.05, 0.1) is 23.6 Å². The maximum Gasteiger partial charge on any atom is 0.179 e. The van der Waals surface area contributed by atoms with Gasteiger partial charge in [-0.25, -0.2) is 0 Å². The van der Waals surface area contributed by atoms with E-state index in [2.05, 4.69) is 5.32 Å².